The molecule has 6 heterocycles. The fourth-order valence-electron chi connectivity index (χ4n) is 8.31. The number of fused-ring (bicyclic) bond motifs is 4. The Balaban J connectivity index is 0.808. The number of amides is 2. The third-order valence-corrected chi connectivity index (χ3v) is 65.9. The average molecular weight is 1270 g/mol. The molecular weight excluding hydrogens is 1220 g/mol. The molecule has 10 rings (SSSR count). The summed E-state index contributed by atoms with van der Waals surface area (Å²) in [6.07, 6.45) is 2.14. The summed E-state index contributed by atoms with van der Waals surface area (Å²) >= 11 is -6.62. The second kappa shape index (κ2) is 21.9. The maximum atomic E-state index is 13.5. The fourth-order valence-corrected chi connectivity index (χ4v) is 68.2. The summed E-state index contributed by atoms with van der Waals surface area (Å²) in [4.78, 5) is 53.9. The van der Waals surface area contributed by atoms with Crippen LogP contribution in [0.1, 0.15) is 36.0 Å². The summed E-state index contributed by atoms with van der Waals surface area (Å²) < 4.78 is 17.7. The average Bonchev–Trinajstić information content (AvgIpc) is 4.16. The van der Waals surface area contributed by atoms with Gasteiger partial charge < -0.3 is 0 Å². The van der Waals surface area contributed by atoms with Crippen LogP contribution in [0.5, 0.6) is 5.75 Å². The third-order valence-electron chi connectivity index (χ3n) is 11.3. The fraction of sp³-hybridized carbons (Fsp3) is 0.364. The normalized spacial score (nSPS) is 17.7. The van der Waals surface area contributed by atoms with E-state index in [-0.39, 0.29) is 34.8 Å². The van der Waals surface area contributed by atoms with E-state index in [4.69, 9.17) is 8.83 Å². The summed E-state index contributed by atoms with van der Waals surface area (Å²) in [5.74, 6) is 10.1. The quantitative estimate of drug-likeness (QED) is 0.0667. The van der Waals surface area contributed by atoms with Gasteiger partial charge in [-0.05, 0) is 0 Å². The van der Waals surface area contributed by atoms with Gasteiger partial charge in [0.2, 0.25) is 0 Å². The van der Waals surface area contributed by atoms with Gasteiger partial charge in [0.15, 0.2) is 0 Å². The Morgan fingerprint density at radius 3 is 1.42 bits per heavy atom. The molecule has 0 spiro atoms. The first kappa shape index (κ1) is 48.2. The van der Waals surface area contributed by atoms with Crippen LogP contribution in [0.3, 0.4) is 0 Å². The molecule has 65 heavy (non-hydrogen) atoms. The van der Waals surface area contributed by atoms with Crippen molar-refractivity contribution >= 4 is 181 Å². The maximum absolute atomic E-state index is 13.5. The molecule has 0 radical (unpaired) electrons. The van der Waals surface area contributed by atoms with E-state index in [0.717, 1.165) is 103 Å². The Hall–Kier alpha value is -0.406. The van der Waals surface area contributed by atoms with Crippen LogP contribution in [0.25, 0.3) is 44.6 Å². The molecule has 340 valence electrons. The number of phenols is 1. The van der Waals surface area contributed by atoms with Gasteiger partial charge in [-0.15, -0.1) is 0 Å². The molecule has 21 heteroatoms. The van der Waals surface area contributed by atoms with Crippen LogP contribution in [-0.4, -0.2) is 125 Å². The number of hydrogen-bond acceptors (Lipinski definition) is 15. The van der Waals surface area contributed by atoms with Crippen molar-refractivity contribution < 1.29 is 23.5 Å². The molecule has 2 aromatic carbocycles. The molecule has 0 aromatic heterocycles. The van der Waals surface area contributed by atoms with E-state index in [1.165, 1.54) is 9.91 Å². The van der Waals surface area contributed by atoms with E-state index >= 15 is 0 Å². The van der Waals surface area contributed by atoms with E-state index in [2.05, 4.69) is 49.7 Å². The molecule has 2 aliphatic carbocycles. The first-order valence-corrected chi connectivity index (χ1v) is 51.0. The van der Waals surface area contributed by atoms with E-state index in [9.17, 15) is 24.3 Å². The molecule has 0 atom stereocenters. The number of benzene rings is 4. The monoisotopic (exact) mass is 1270 g/mol. The Morgan fingerprint density at radius 1 is 0.554 bits per heavy atom. The van der Waals surface area contributed by atoms with Crippen molar-refractivity contribution in [3.63, 3.8) is 0 Å². The van der Waals surface area contributed by atoms with E-state index < -0.39 is 49.4 Å². The first-order chi connectivity index (χ1) is 31.7. The predicted molar refractivity (Wildman–Crippen MR) is 293 cm³/mol. The summed E-state index contributed by atoms with van der Waals surface area (Å²) in [6, 6.07) is 15.2. The zero-order valence-corrected chi connectivity index (χ0v) is 49.2. The number of aryl methyl sites for hydroxylation is 3. The first-order valence-electron chi connectivity index (χ1n) is 21.3. The van der Waals surface area contributed by atoms with Crippen molar-refractivity contribution in [1.82, 2.24) is 10.6 Å². The van der Waals surface area contributed by atoms with Gasteiger partial charge in [0.1, 0.15) is 0 Å². The van der Waals surface area contributed by atoms with Crippen LogP contribution in [-0.2, 0) is 22.4 Å². The Labute approximate surface area is 421 Å². The Morgan fingerprint density at radius 2 is 0.954 bits per heavy atom. The number of carbonyl (C=O) groups excluding carboxylic acids is 2. The molecule has 4 fully saturated rings. The van der Waals surface area contributed by atoms with Crippen molar-refractivity contribution in [2.45, 2.75) is 39.0 Å². The standard InChI is InChI=1S/C44H44As4N2O7S8/c1-25-3-4-28-26(29-5-10-32(51)38(46-60-19-20-61-46)42(29)56-41(28)37(25)45-58-17-18-59-45)8-13-35(54)49-15-2-16-50-36(55)14-9-27-30-6-11-33(52)39(47-62-21-22-63-47)43(30)57-44-31(27)7-12-34(53)40(44)48-64-23-24-65-48/h3-7,10-12,52H,2,8-9,13-24H2,1H3,(H,49,54)(H,50,55). The predicted octanol–water partition coefficient (Wildman–Crippen LogP) is 6.01. The molecule has 0 unspecified atom stereocenters. The van der Waals surface area contributed by atoms with E-state index in [0.29, 0.717) is 50.1 Å². The summed E-state index contributed by atoms with van der Waals surface area (Å²) in [5.41, 5.74) is 6.86. The molecule has 2 amide bonds. The van der Waals surface area contributed by atoms with Crippen molar-refractivity contribution in [3.8, 4) is 28.4 Å². The molecular formula is C44H44As4N2O7S8. The van der Waals surface area contributed by atoms with Crippen LogP contribution < -0.4 is 38.9 Å². The zero-order valence-electron chi connectivity index (χ0n) is 35.2. The van der Waals surface area contributed by atoms with Gasteiger partial charge in [-0.2, -0.15) is 0 Å². The second-order valence-corrected chi connectivity index (χ2v) is 61.8. The van der Waals surface area contributed by atoms with Crippen molar-refractivity contribution in [3.05, 3.63) is 85.7 Å². The number of hydrogen-bond donors (Lipinski definition) is 3. The van der Waals surface area contributed by atoms with Crippen LogP contribution in [0.2, 0.25) is 0 Å². The molecule has 0 saturated carbocycles. The van der Waals surface area contributed by atoms with Crippen LogP contribution in [0.15, 0.2) is 67.0 Å². The van der Waals surface area contributed by atoms with Gasteiger partial charge in [-0.3, -0.25) is 0 Å². The van der Waals surface area contributed by atoms with Crippen LogP contribution in [0, 0.1) is 6.92 Å². The van der Waals surface area contributed by atoms with E-state index in [1.807, 2.05) is 78.3 Å². The van der Waals surface area contributed by atoms with Gasteiger partial charge in [-0.25, -0.2) is 0 Å². The van der Waals surface area contributed by atoms with E-state index in [1.54, 1.807) is 18.2 Å². The molecule has 6 aliphatic heterocycles. The third kappa shape index (κ3) is 10.2. The van der Waals surface area contributed by atoms with Crippen molar-refractivity contribution in [2.24, 2.45) is 0 Å². The second-order valence-electron chi connectivity index (χ2n) is 15.4. The summed E-state index contributed by atoms with van der Waals surface area (Å²) in [7, 11) is 15.8. The molecule has 0 bridgehead atoms. The molecule has 4 saturated heterocycles. The van der Waals surface area contributed by atoms with Gasteiger partial charge in [-0.1, -0.05) is 0 Å². The Kier molecular flexibility index (Phi) is 16.3. The van der Waals surface area contributed by atoms with Crippen molar-refractivity contribution in [2.75, 3.05) is 59.1 Å². The summed E-state index contributed by atoms with van der Waals surface area (Å²) in [5, 5.41) is 19.3. The number of carbonyl (C=O) groups is 2. The minimum absolute atomic E-state index is 0.0237. The molecule has 3 N–H and O–H groups in total. The van der Waals surface area contributed by atoms with Gasteiger partial charge in [0, 0.05) is 0 Å². The number of phenolic OH excluding ortho intramolecular Hbond substituents is 1. The summed E-state index contributed by atoms with van der Waals surface area (Å²) in [6.45, 7) is 3.05. The topological polar surface area (TPSA) is 139 Å². The van der Waals surface area contributed by atoms with Crippen molar-refractivity contribution in [1.29, 1.82) is 0 Å². The molecule has 2 aromatic rings. The molecule has 8 aliphatic rings. The number of aromatic hydroxyl groups is 1. The Bertz CT molecular complexity index is 2660. The zero-order chi connectivity index (χ0) is 44.6. The minimum atomic E-state index is -1.75. The van der Waals surface area contributed by atoms with Crippen LogP contribution in [0.4, 0.5) is 0 Å². The van der Waals surface area contributed by atoms with Gasteiger partial charge in [0.05, 0.1) is 0 Å². The number of rotatable bonds is 14. The number of nitrogens with one attached hydrogen (secondary N) is 2. The SMILES string of the molecule is Cc1ccc2c(CCC(=O)NCCCNC(=O)CCc3c4ccc(=O)c([As]5SCCS5)c-4oc4c([As]5SCCS5)c(O)ccc34)c3ccc(=O)c([As]4SCCS4)c-3oc2c1[As]1SCCS1. The molecule has 9 nitrogen and oxygen atoms in total. The van der Waals surface area contributed by atoms with Gasteiger partial charge >= 0.3 is 427 Å². The van der Waals surface area contributed by atoms with Crippen LogP contribution >= 0.6 is 80.2 Å². The van der Waals surface area contributed by atoms with Gasteiger partial charge in [0.25, 0.3) is 0 Å².